The van der Waals surface area contributed by atoms with Crippen LogP contribution in [-0.4, -0.2) is 14.4 Å². The largest absolute Gasteiger partial charge is 0.489 e. The van der Waals surface area contributed by atoms with Crippen molar-refractivity contribution in [3.8, 4) is 22.9 Å². The standard InChI is InChI=1S/C23H14FN5O2S/c24-15-3-1-2-13(10-15)12-31-16-6-4-14(5-7-16)18-17(11-25)20(26)27-21-19(18)22(30)28-23-29(21)8-9-32-23/h1-10H,12H2,(H2,26,27). The van der Waals surface area contributed by atoms with Gasteiger partial charge in [0.2, 0.25) is 0 Å². The van der Waals surface area contributed by atoms with Crippen LogP contribution < -0.4 is 16.0 Å². The van der Waals surface area contributed by atoms with Gasteiger partial charge in [-0.25, -0.2) is 9.37 Å². The van der Waals surface area contributed by atoms with Gasteiger partial charge in [0.05, 0.1) is 5.39 Å². The number of hydrogen-bond acceptors (Lipinski definition) is 7. The molecule has 0 saturated heterocycles. The molecule has 32 heavy (non-hydrogen) atoms. The summed E-state index contributed by atoms with van der Waals surface area (Å²) < 4.78 is 20.8. The molecule has 9 heteroatoms. The van der Waals surface area contributed by atoms with E-state index >= 15 is 0 Å². The Labute approximate surface area is 184 Å². The van der Waals surface area contributed by atoms with Crippen LogP contribution in [0.2, 0.25) is 0 Å². The van der Waals surface area contributed by atoms with Gasteiger partial charge in [-0.05, 0) is 35.4 Å². The van der Waals surface area contributed by atoms with E-state index in [-0.39, 0.29) is 29.2 Å². The number of nitrogen functional groups attached to an aromatic ring is 1. The fourth-order valence-corrected chi connectivity index (χ4v) is 4.24. The quantitative estimate of drug-likeness (QED) is 0.447. The number of benzene rings is 2. The van der Waals surface area contributed by atoms with Gasteiger partial charge < -0.3 is 10.5 Å². The highest BCUT2D eigenvalue weighted by Gasteiger charge is 2.20. The normalized spacial score (nSPS) is 11.0. The molecular formula is C23H14FN5O2S. The van der Waals surface area contributed by atoms with Crippen LogP contribution in [0.25, 0.3) is 27.1 Å². The summed E-state index contributed by atoms with van der Waals surface area (Å²) in [6.07, 6.45) is 1.75. The Hall–Kier alpha value is -4.29. The van der Waals surface area contributed by atoms with Gasteiger partial charge in [-0.2, -0.15) is 10.2 Å². The SMILES string of the molecule is N#Cc1c(N)nc2c(c1-c1ccc(OCc3cccc(F)c3)cc1)c(=O)nc1sccn12. The number of hydrogen-bond donors (Lipinski definition) is 1. The van der Waals surface area contributed by atoms with Crippen LogP contribution in [-0.2, 0) is 6.61 Å². The smallest absolute Gasteiger partial charge is 0.284 e. The highest BCUT2D eigenvalue weighted by atomic mass is 32.1. The van der Waals surface area contributed by atoms with Crippen molar-refractivity contribution in [2.75, 3.05) is 5.73 Å². The molecule has 0 saturated carbocycles. The maximum atomic E-state index is 13.3. The first kappa shape index (κ1) is 19.7. The first-order valence-electron chi connectivity index (χ1n) is 9.52. The van der Waals surface area contributed by atoms with Crippen LogP contribution in [0.4, 0.5) is 10.2 Å². The number of halogens is 1. The highest BCUT2D eigenvalue weighted by Crippen LogP contribution is 2.33. The summed E-state index contributed by atoms with van der Waals surface area (Å²) in [5.74, 6) is 0.261. The van der Waals surface area contributed by atoms with E-state index in [4.69, 9.17) is 10.5 Å². The zero-order valence-electron chi connectivity index (χ0n) is 16.4. The molecule has 0 atom stereocenters. The number of ether oxygens (including phenoxy) is 1. The number of rotatable bonds is 4. The van der Waals surface area contributed by atoms with Crippen LogP contribution in [0.3, 0.4) is 0 Å². The number of nitrogens with zero attached hydrogens (tertiary/aromatic N) is 4. The molecule has 0 fully saturated rings. The van der Waals surface area contributed by atoms with E-state index in [9.17, 15) is 14.4 Å². The van der Waals surface area contributed by atoms with Crippen molar-refractivity contribution in [3.05, 3.63) is 87.4 Å². The van der Waals surface area contributed by atoms with Crippen molar-refractivity contribution in [1.82, 2.24) is 14.4 Å². The summed E-state index contributed by atoms with van der Waals surface area (Å²) in [7, 11) is 0. The van der Waals surface area contributed by atoms with Crippen molar-refractivity contribution < 1.29 is 9.13 Å². The predicted molar refractivity (Wildman–Crippen MR) is 120 cm³/mol. The van der Waals surface area contributed by atoms with E-state index < -0.39 is 5.56 Å². The third kappa shape index (κ3) is 3.33. The van der Waals surface area contributed by atoms with E-state index in [1.807, 2.05) is 0 Å². The zero-order valence-corrected chi connectivity index (χ0v) is 17.3. The molecule has 0 amide bonds. The summed E-state index contributed by atoms with van der Waals surface area (Å²) in [5, 5.41) is 11.7. The predicted octanol–water partition coefficient (Wildman–Crippen LogP) is 4.14. The van der Waals surface area contributed by atoms with Gasteiger partial charge in [-0.1, -0.05) is 24.3 Å². The van der Waals surface area contributed by atoms with Gasteiger partial charge in [0.1, 0.15) is 35.6 Å². The number of fused-ring (bicyclic) bond motifs is 3. The maximum absolute atomic E-state index is 13.3. The second kappa shape index (κ2) is 7.76. The van der Waals surface area contributed by atoms with Gasteiger partial charge in [0.15, 0.2) is 10.6 Å². The second-order valence-corrected chi connectivity index (χ2v) is 7.85. The second-order valence-electron chi connectivity index (χ2n) is 6.97. The average Bonchev–Trinajstić information content (AvgIpc) is 3.26. The summed E-state index contributed by atoms with van der Waals surface area (Å²) in [6.45, 7) is 0.201. The molecule has 5 rings (SSSR count). The molecule has 156 valence electrons. The lowest BCUT2D eigenvalue weighted by atomic mass is 9.98. The number of aromatic nitrogens is 3. The highest BCUT2D eigenvalue weighted by molar-refractivity contribution is 7.15. The summed E-state index contributed by atoms with van der Waals surface area (Å²) in [5.41, 5.74) is 7.74. The molecule has 7 nitrogen and oxygen atoms in total. The molecule has 3 aromatic heterocycles. The molecule has 0 radical (unpaired) electrons. The third-order valence-corrected chi connectivity index (χ3v) is 5.74. The topological polar surface area (TPSA) is 106 Å². The molecular weight excluding hydrogens is 429 g/mol. The lowest BCUT2D eigenvalue weighted by molar-refractivity contribution is 0.305. The van der Waals surface area contributed by atoms with E-state index in [1.165, 1.54) is 23.5 Å². The van der Waals surface area contributed by atoms with Gasteiger partial charge >= 0.3 is 0 Å². The molecule has 0 bridgehead atoms. The number of anilines is 1. The number of nitriles is 1. The van der Waals surface area contributed by atoms with Crippen LogP contribution in [0, 0.1) is 17.1 Å². The van der Waals surface area contributed by atoms with Crippen molar-refractivity contribution in [3.63, 3.8) is 0 Å². The molecule has 0 aliphatic rings. The molecule has 3 heterocycles. The van der Waals surface area contributed by atoms with E-state index in [2.05, 4.69) is 16.0 Å². The van der Waals surface area contributed by atoms with Crippen LogP contribution in [0.15, 0.2) is 64.9 Å². The Morgan fingerprint density at radius 1 is 1.19 bits per heavy atom. The summed E-state index contributed by atoms with van der Waals surface area (Å²) in [6, 6.07) is 15.1. The fraction of sp³-hybridized carbons (Fsp3) is 0.0435. The van der Waals surface area contributed by atoms with Crippen molar-refractivity contribution in [2.24, 2.45) is 0 Å². The Morgan fingerprint density at radius 3 is 2.75 bits per heavy atom. The van der Waals surface area contributed by atoms with Crippen molar-refractivity contribution in [1.29, 1.82) is 5.26 Å². The first-order chi connectivity index (χ1) is 15.5. The number of thiazole rings is 1. The minimum atomic E-state index is -0.479. The maximum Gasteiger partial charge on any atom is 0.284 e. The van der Waals surface area contributed by atoms with Gasteiger partial charge in [0, 0.05) is 17.1 Å². The third-order valence-electron chi connectivity index (χ3n) is 4.98. The number of pyridine rings is 1. The van der Waals surface area contributed by atoms with Gasteiger partial charge in [-0.3, -0.25) is 9.20 Å². The van der Waals surface area contributed by atoms with E-state index in [0.717, 1.165) is 0 Å². The Morgan fingerprint density at radius 2 is 2.00 bits per heavy atom. The lowest BCUT2D eigenvalue weighted by Crippen LogP contribution is -2.13. The molecule has 5 aromatic rings. The Bertz CT molecular complexity index is 1590. The molecule has 2 aromatic carbocycles. The van der Waals surface area contributed by atoms with Crippen LogP contribution in [0.1, 0.15) is 11.1 Å². The van der Waals surface area contributed by atoms with Gasteiger partial charge in [-0.15, -0.1) is 11.3 Å². The summed E-state index contributed by atoms with van der Waals surface area (Å²) in [4.78, 5) is 21.8. The number of nitrogens with two attached hydrogens (primary N) is 1. The fourth-order valence-electron chi connectivity index (χ4n) is 3.54. The lowest BCUT2D eigenvalue weighted by Gasteiger charge is -2.12. The summed E-state index contributed by atoms with van der Waals surface area (Å²) >= 11 is 1.31. The van der Waals surface area contributed by atoms with E-state index in [0.29, 0.717) is 33.0 Å². The molecule has 2 N–H and O–H groups in total. The van der Waals surface area contributed by atoms with Crippen LogP contribution >= 0.6 is 11.3 Å². The average molecular weight is 443 g/mol. The van der Waals surface area contributed by atoms with Gasteiger partial charge in [0.25, 0.3) is 5.56 Å². The minimum Gasteiger partial charge on any atom is -0.489 e. The van der Waals surface area contributed by atoms with E-state index in [1.54, 1.807) is 52.4 Å². The molecule has 0 aliphatic carbocycles. The molecule has 0 unspecified atom stereocenters. The first-order valence-corrected chi connectivity index (χ1v) is 10.4. The van der Waals surface area contributed by atoms with Crippen LogP contribution in [0.5, 0.6) is 5.75 Å². The Balaban J connectivity index is 1.59. The van der Waals surface area contributed by atoms with Crippen molar-refractivity contribution >= 4 is 33.1 Å². The minimum absolute atomic E-state index is 0.0343. The monoisotopic (exact) mass is 443 g/mol. The van der Waals surface area contributed by atoms with Crippen molar-refractivity contribution in [2.45, 2.75) is 6.61 Å². The molecule has 0 spiro atoms. The Kier molecular flexibility index (Phi) is 4.77. The zero-order chi connectivity index (χ0) is 22.2. The molecule has 0 aliphatic heterocycles.